The van der Waals surface area contributed by atoms with E-state index in [-0.39, 0.29) is 62.7 Å². The Morgan fingerprint density at radius 3 is 2.21 bits per heavy atom. The van der Waals surface area contributed by atoms with Crippen LogP contribution in [0, 0.1) is 17.0 Å². The van der Waals surface area contributed by atoms with E-state index >= 15 is 0 Å². The van der Waals surface area contributed by atoms with Crippen molar-refractivity contribution in [1.82, 2.24) is 25.4 Å². The number of allylic oxidation sites excluding steroid dienone is 2. The molecule has 2 fully saturated rings. The number of fused-ring (bicyclic) bond motifs is 1. The SMILES string of the molecule is CC(C)(CCc1ccc(-c2ccc(Cl)c3c(NS(=O)(=O)C4CC4)nn(CC(F)F)c23)c([C@H](Cc2cc(F)cc(F)c2)NC(=O)CNC2=C(C(=N)C(F)(F)F)CCC2(F)F)n1)S(=O)(=O)C1CC1. The van der Waals surface area contributed by atoms with Crippen molar-refractivity contribution in [3.8, 4) is 11.1 Å². The maximum Gasteiger partial charge on any atom is 0.433 e. The molecule has 2 aromatic carbocycles. The number of aromatic nitrogens is 3. The molecule has 2 heterocycles. The van der Waals surface area contributed by atoms with Gasteiger partial charge in [0.2, 0.25) is 15.9 Å². The van der Waals surface area contributed by atoms with Crippen LogP contribution >= 0.6 is 11.6 Å². The summed E-state index contributed by atoms with van der Waals surface area (Å²) in [4.78, 5) is 18.7. The lowest BCUT2D eigenvalue weighted by atomic mass is 9.93. The van der Waals surface area contributed by atoms with Gasteiger partial charge in [-0.25, -0.2) is 34.4 Å². The minimum Gasteiger partial charge on any atom is -0.374 e. The monoisotopic (exact) mass is 995 g/mol. The summed E-state index contributed by atoms with van der Waals surface area (Å²) in [6.07, 6.45) is -9.05. The van der Waals surface area contributed by atoms with E-state index in [0.29, 0.717) is 31.7 Å². The Morgan fingerprint density at radius 2 is 1.61 bits per heavy atom. The third-order valence-corrected chi connectivity index (χ3v) is 17.0. The number of rotatable bonds is 19. The number of pyridine rings is 1. The molecule has 3 aliphatic carbocycles. The fraction of sp³-hybridized carbons (Fsp3) is 0.476. The van der Waals surface area contributed by atoms with Crippen molar-refractivity contribution in [2.75, 3.05) is 11.3 Å². The van der Waals surface area contributed by atoms with Crippen LogP contribution in [0.5, 0.6) is 0 Å². The smallest absolute Gasteiger partial charge is 0.374 e. The van der Waals surface area contributed by atoms with Crippen LogP contribution in [0.25, 0.3) is 22.0 Å². The number of carbonyl (C=O) groups excluding carboxylic acids is 1. The lowest BCUT2D eigenvalue weighted by molar-refractivity contribution is -0.121. The largest absolute Gasteiger partial charge is 0.433 e. The number of amides is 1. The van der Waals surface area contributed by atoms with Crippen LogP contribution in [-0.2, 0) is 44.0 Å². The van der Waals surface area contributed by atoms with Gasteiger partial charge in [-0.05, 0) is 95.0 Å². The molecule has 1 amide bonds. The van der Waals surface area contributed by atoms with Gasteiger partial charge in [-0.2, -0.15) is 27.1 Å². The molecule has 7 rings (SSSR count). The fourth-order valence-corrected chi connectivity index (χ4v) is 11.6. The Morgan fingerprint density at radius 1 is 0.970 bits per heavy atom. The van der Waals surface area contributed by atoms with Crippen molar-refractivity contribution < 1.29 is 61.1 Å². The zero-order chi connectivity index (χ0) is 48.3. The van der Waals surface area contributed by atoms with Crippen molar-refractivity contribution in [2.24, 2.45) is 0 Å². The highest BCUT2D eigenvalue weighted by molar-refractivity contribution is 7.93. The average Bonchev–Trinajstić information content (AvgIpc) is 4.14. The number of hydrogen-bond acceptors (Lipinski definition) is 9. The molecule has 0 unspecified atom stereocenters. The van der Waals surface area contributed by atoms with Gasteiger partial charge >= 0.3 is 6.18 Å². The molecule has 3 aliphatic rings. The van der Waals surface area contributed by atoms with Gasteiger partial charge in [-0.15, -0.1) is 0 Å². The fourth-order valence-electron chi connectivity index (χ4n) is 7.98. The molecule has 0 radical (unpaired) electrons. The highest BCUT2D eigenvalue weighted by Gasteiger charge is 2.49. The van der Waals surface area contributed by atoms with Gasteiger partial charge in [0.25, 0.3) is 12.3 Å². The number of halogens is 10. The van der Waals surface area contributed by atoms with Crippen molar-refractivity contribution in [3.63, 3.8) is 0 Å². The molecule has 0 spiro atoms. The van der Waals surface area contributed by atoms with Gasteiger partial charge in [-0.3, -0.25) is 24.6 Å². The Hall–Kier alpha value is -4.90. The quantitative estimate of drug-likeness (QED) is 0.0533. The molecule has 4 aromatic rings. The number of nitrogens with one attached hydrogen (secondary N) is 4. The van der Waals surface area contributed by atoms with Crippen LogP contribution in [0.1, 0.15) is 81.8 Å². The summed E-state index contributed by atoms with van der Waals surface area (Å²) in [5.74, 6) is -7.49. The summed E-state index contributed by atoms with van der Waals surface area (Å²) in [5.41, 5.74) is -4.49. The molecule has 358 valence electrons. The van der Waals surface area contributed by atoms with Crippen LogP contribution in [-0.4, -0.2) is 83.5 Å². The van der Waals surface area contributed by atoms with E-state index < -0.39 is 127 Å². The minimum absolute atomic E-state index is 0.00728. The first kappa shape index (κ1) is 49.0. The molecule has 2 saturated carbocycles. The first-order valence-corrected chi connectivity index (χ1v) is 24.1. The summed E-state index contributed by atoms with van der Waals surface area (Å²) in [5, 5.41) is 14.8. The van der Waals surface area contributed by atoms with Crippen LogP contribution in [0.15, 0.2) is 53.7 Å². The van der Waals surface area contributed by atoms with Gasteiger partial charge in [0.05, 0.1) is 55.2 Å². The van der Waals surface area contributed by atoms with Crippen LogP contribution in [0.2, 0.25) is 5.02 Å². The summed E-state index contributed by atoms with van der Waals surface area (Å²) in [6, 6.07) is 6.50. The molecule has 66 heavy (non-hydrogen) atoms. The Bertz CT molecular complexity index is 2830. The summed E-state index contributed by atoms with van der Waals surface area (Å²) >= 11 is 6.63. The number of sulfonamides is 1. The van der Waals surface area contributed by atoms with E-state index in [1.54, 1.807) is 13.8 Å². The standard InChI is InChI=1S/C42H43ClF9N7O5S2/c1-40(2,65(61,62)25-4-5-25)13-11-24-3-8-27(28-9-10-30(43)34-36(28)59(20-32(46)47)57-39(34)58-66(63,64)26-6-7-26)35(55-24)31(17-21-15-22(44)18-23(45)16-21)56-33(60)19-54-38-29(12-14-41(38,48)49)37(53)42(50,51)52/h3,8-10,15-16,18,25-26,31-32,53-54H,4-7,11-14,17,19-20H2,1-2H3,(H,56,60)(H,57,58)/t31-/m0/s1. The van der Waals surface area contributed by atoms with Gasteiger partial charge < -0.3 is 10.6 Å². The molecule has 1 atom stereocenters. The van der Waals surface area contributed by atoms with Crippen molar-refractivity contribution >= 4 is 59.8 Å². The van der Waals surface area contributed by atoms with Gasteiger partial charge in [0.1, 0.15) is 23.9 Å². The number of sulfone groups is 1. The third kappa shape index (κ3) is 10.5. The normalized spacial score (nSPS) is 17.4. The molecule has 2 aromatic heterocycles. The number of hydrogen-bond donors (Lipinski definition) is 4. The zero-order valence-corrected chi connectivity index (χ0v) is 37.5. The number of aryl methyl sites for hydroxylation is 1. The van der Waals surface area contributed by atoms with Gasteiger partial charge in [0, 0.05) is 34.9 Å². The number of anilines is 1. The summed E-state index contributed by atoms with van der Waals surface area (Å²) in [6.45, 7) is 0.924. The van der Waals surface area contributed by atoms with E-state index in [9.17, 15) is 61.1 Å². The molecule has 12 nitrogen and oxygen atoms in total. The highest BCUT2D eigenvalue weighted by Crippen LogP contribution is 2.44. The summed E-state index contributed by atoms with van der Waals surface area (Å²) < 4.78 is 183. The Labute approximate surface area is 378 Å². The molecule has 4 N–H and O–H groups in total. The number of benzene rings is 2. The second-order valence-electron chi connectivity index (χ2n) is 17.2. The second kappa shape index (κ2) is 18.0. The van der Waals surface area contributed by atoms with Gasteiger partial charge in [-0.1, -0.05) is 23.7 Å². The second-order valence-corrected chi connectivity index (χ2v) is 22.4. The lowest BCUT2D eigenvalue weighted by Gasteiger charge is -2.26. The van der Waals surface area contributed by atoms with Crippen molar-refractivity contribution in [2.45, 2.75) is 118 Å². The third-order valence-electron chi connectivity index (χ3n) is 11.7. The summed E-state index contributed by atoms with van der Waals surface area (Å²) in [7, 11) is -7.65. The van der Waals surface area contributed by atoms with Crippen molar-refractivity contribution in [3.05, 3.63) is 87.3 Å². The molecular weight excluding hydrogens is 953 g/mol. The maximum atomic E-state index is 15.0. The molecule has 24 heteroatoms. The lowest BCUT2D eigenvalue weighted by Crippen LogP contribution is -2.40. The topological polar surface area (TPSA) is 176 Å². The van der Waals surface area contributed by atoms with Crippen LogP contribution < -0.4 is 15.4 Å². The first-order chi connectivity index (χ1) is 30.7. The van der Waals surface area contributed by atoms with Crippen LogP contribution in [0.3, 0.4) is 0 Å². The van der Waals surface area contributed by atoms with E-state index in [2.05, 4.69) is 20.5 Å². The minimum atomic E-state index is -5.29. The van der Waals surface area contributed by atoms with Crippen molar-refractivity contribution in [1.29, 1.82) is 5.41 Å². The van der Waals surface area contributed by atoms with E-state index in [1.165, 1.54) is 24.3 Å². The zero-order valence-electron chi connectivity index (χ0n) is 35.1. The van der Waals surface area contributed by atoms with E-state index in [0.717, 1.165) is 16.8 Å². The first-order valence-electron chi connectivity index (χ1n) is 20.7. The predicted molar refractivity (Wildman–Crippen MR) is 228 cm³/mol. The molecular formula is C42H43ClF9N7O5S2. The Kier molecular flexibility index (Phi) is 13.3. The Balaban J connectivity index is 1.37. The number of nitrogens with zero attached hydrogens (tertiary/aromatic N) is 3. The highest BCUT2D eigenvalue weighted by atomic mass is 35.5. The van der Waals surface area contributed by atoms with Gasteiger partial charge in [0.15, 0.2) is 15.7 Å². The van der Waals surface area contributed by atoms with Crippen LogP contribution in [0.4, 0.5) is 45.3 Å². The average molecular weight is 996 g/mol. The maximum absolute atomic E-state index is 15.0. The number of carbonyl (C=O) groups is 1. The molecule has 0 aliphatic heterocycles. The van der Waals surface area contributed by atoms with E-state index in [1.807, 2.05) is 0 Å². The van der Waals surface area contributed by atoms with E-state index in [4.69, 9.17) is 22.0 Å². The number of alkyl halides is 7. The predicted octanol–water partition coefficient (Wildman–Crippen LogP) is 8.74. The molecule has 0 saturated heterocycles. The molecule has 0 bridgehead atoms.